The van der Waals surface area contributed by atoms with E-state index in [1.54, 1.807) is 6.07 Å². The van der Waals surface area contributed by atoms with E-state index in [-0.39, 0.29) is 5.56 Å². The van der Waals surface area contributed by atoms with Gasteiger partial charge in [0.1, 0.15) is 0 Å². The smallest absolute Gasteiger partial charge is 0.337 e. The number of hydrogen-bond acceptors (Lipinski definition) is 2. The lowest BCUT2D eigenvalue weighted by Crippen LogP contribution is -1.97. The van der Waals surface area contributed by atoms with E-state index in [1.807, 2.05) is 18.2 Å². The molecule has 2 rings (SSSR count). The maximum atomic E-state index is 10.7. The number of nitrogens with zero attached hydrogens (tertiary/aromatic N) is 1. The normalized spacial score (nSPS) is 10.4. The van der Waals surface area contributed by atoms with Gasteiger partial charge in [-0.05, 0) is 40.8 Å². The average molecular weight is 299 g/mol. The number of rotatable bonds is 1. The van der Waals surface area contributed by atoms with Crippen molar-refractivity contribution in [1.82, 2.24) is 4.98 Å². The highest BCUT2D eigenvalue weighted by Crippen LogP contribution is 2.19. The molecule has 0 aliphatic carbocycles. The van der Waals surface area contributed by atoms with Crippen molar-refractivity contribution in [2.24, 2.45) is 0 Å². The van der Waals surface area contributed by atoms with Gasteiger partial charge in [0.15, 0.2) is 0 Å². The van der Waals surface area contributed by atoms with Crippen LogP contribution in [0, 0.1) is 3.57 Å². The van der Waals surface area contributed by atoms with Gasteiger partial charge in [-0.25, -0.2) is 4.79 Å². The van der Waals surface area contributed by atoms with Crippen molar-refractivity contribution in [3.8, 4) is 0 Å². The second-order valence-electron chi connectivity index (χ2n) is 2.84. The molecule has 1 aromatic carbocycles. The van der Waals surface area contributed by atoms with Crippen LogP contribution in [0.15, 0.2) is 30.5 Å². The van der Waals surface area contributed by atoms with Gasteiger partial charge in [-0.2, -0.15) is 0 Å². The van der Waals surface area contributed by atoms with Crippen molar-refractivity contribution in [2.45, 2.75) is 0 Å². The third-order valence-corrected chi connectivity index (χ3v) is 2.86. The second kappa shape index (κ2) is 3.53. The van der Waals surface area contributed by atoms with Crippen LogP contribution >= 0.6 is 22.6 Å². The van der Waals surface area contributed by atoms with Crippen LogP contribution in [-0.2, 0) is 0 Å². The summed E-state index contributed by atoms with van der Waals surface area (Å²) in [6, 6.07) is 7.34. The average Bonchev–Trinajstić information content (AvgIpc) is 2.18. The third kappa shape index (κ3) is 1.57. The Morgan fingerprint density at radius 2 is 2.21 bits per heavy atom. The lowest BCUT2D eigenvalue weighted by molar-refractivity contribution is 0.0696. The van der Waals surface area contributed by atoms with Gasteiger partial charge < -0.3 is 5.11 Å². The largest absolute Gasteiger partial charge is 0.478 e. The molecule has 2 aromatic rings. The first-order valence-electron chi connectivity index (χ1n) is 3.96. The monoisotopic (exact) mass is 299 g/mol. The van der Waals surface area contributed by atoms with E-state index in [9.17, 15) is 4.79 Å². The first-order valence-corrected chi connectivity index (χ1v) is 5.04. The van der Waals surface area contributed by atoms with E-state index in [2.05, 4.69) is 27.6 Å². The van der Waals surface area contributed by atoms with Crippen molar-refractivity contribution < 1.29 is 9.90 Å². The molecule has 0 aliphatic heterocycles. The second-order valence-corrected chi connectivity index (χ2v) is 4.00. The minimum absolute atomic E-state index is 0.224. The van der Waals surface area contributed by atoms with Crippen molar-refractivity contribution in [3.05, 3.63) is 39.6 Å². The summed E-state index contributed by atoms with van der Waals surface area (Å²) in [5, 5.41) is 9.68. The van der Waals surface area contributed by atoms with Crippen molar-refractivity contribution in [1.29, 1.82) is 0 Å². The van der Waals surface area contributed by atoms with Crippen molar-refractivity contribution in [2.75, 3.05) is 0 Å². The summed E-state index contributed by atoms with van der Waals surface area (Å²) in [5.74, 6) is -0.945. The van der Waals surface area contributed by atoms with Crippen molar-refractivity contribution >= 4 is 39.5 Å². The molecule has 3 nitrogen and oxygen atoms in total. The number of pyridine rings is 1. The molecule has 0 atom stereocenters. The molecular formula is C10H6INO2. The molecule has 4 heteroatoms. The summed E-state index contributed by atoms with van der Waals surface area (Å²) in [6.45, 7) is 0. The van der Waals surface area contributed by atoms with Crippen LogP contribution in [-0.4, -0.2) is 16.1 Å². The summed E-state index contributed by atoms with van der Waals surface area (Å²) in [7, 11) is 0. The van der Waals surface area contributed by atoms with Crippen LogP contribution in [0.4, 0.5) is 0 Å². The minimum Gasteiger partial charge on any atom is -0.478 e. The summed E-state index contributed by atoms with van der Waals surface area (Å²) < 4.78 is 1.01. The zero-order chi connectivity index (χ0) is 10.1. The van der Waals surface area contributed by atoms with Crippen LogP contribution in [0.25, 0.3) is 10.9 Å². The lowest BCUT2D eigenvalue weighted by Gasteiger charge is -2.00. The Morgan fingerprint density at radius 1 is 1.43 bits per heavy atom. The number of fused-ring (bicyclic) bond motifs is 1. The Balaban J connectivity index is 2.76. The molecule has 0 bridgehead atoms. The number of aromatic carboxylic acids is 1. The predicted molar refractivity (Wildman–Crippen MR) is 61.4 cm³/mol. The molecule has 70 valence electrons. The summed E-state index contributed by atoms with van der Waals surface area (Å²) >= 11 is 2.17. The van der Waals surface area contributed by atoms with Crippen LogP contribution in [0.1, 0.15) is 10.4 Å². The minimum atomic E-state index is -0.945. The van der Waals surface area contributed by atoms with Crippen LogP contribution < -0.4 is 0 Å². The van der Waals surface area contributed by atoms with E-state index in [1.165, 1.54) is 6.20 Å². The highest BCUT2D eigenvalue weighted by atomic mass is 127. The zero-order valence-electron chi connectivity index (χ0n) is 7.07. The predicted octanol–water partition coefficient (Wildman–Crippen LogP) is 2.54. The maximum absolute atomic E-state index is 10.7. The molecule has 0 saturated heterocycles. The molecule has 0 amide bonds. The number of aromatic nitrogens is 1. The summed E-state index contributed by atoms with van der Waals surface area (Å²) in [6.07, 6.45) is 1.38. The van der Waals surface area contributed by atoms with E-state index in [4.69, 9.17) is 5.11 Å². The van der Waals surface area contributed by atoms with E-state index in [0.717, 1.165) is 14.5 Å². The molecule has 0 radical (unpaired) electrons. The fourth-order valence-electron chi connectivity index (χ4n) is 1.23. The summed E-state index contributed by atoms with van der Waals surface area (Å²) in [5.41, 5.74) is 1.04. The van der Waals surface area contributed by atoms with Crippen LogP contribution in [0.3, 0.4) is 0 Å². The van der Waals surface area contributed by atoms with Gasteiger partial charge in [-0.1, -0.05) is 6.07 Å². The number of carboxylic acid groups (broad SMARTS) is 1. The number of benzene rings is 1. The molecule has 0 fully saturated rings. The number of hydrogen-bond donors (Lipinski definition) is 1. The van der Waals surface area contributed by atoms with Gasteiger partial charge in [0, 0.05) is 15.2 Å². The molecule has 1 aromatic heterocycles. The Kier molecular flexibility index (Phi) is 2.37. The standard InChI is InChI=1S/C10H6INO2/c11-8-2-1-3-9-7(8)4-6(5-12-9)10(13)14/h1-5H,(H,13,14). The van der Waals surface area contributed by atoms with E-state index >= 15 is 0 Å². The van der Waals surface area contributed by atoms with Gasteiger partial charge >= 0.3 is 5.97 Å². The number of halogens is 1. The number of carbonyl (C=O) groups is 1. The molecular weight excluding hydrogens is 293 g/mol. The molecule has 0 aliphatic rings. The van der Waals surface area contributed by atoms with E-state index in [0.29, 0.717) is 0 Å². The molecule has 14 heavy (non-hydrogen) atoms. The third-order valence-electron chi connectivity index (χ3n) is 1.92. The molecule has 0 unspecified atom stereocenters. The highest BCUT2D eigenvalue weighted by molar-refractivity contribution is 14.1. The Hall–Kier alpha value is -1.17. The van der Waals surface area contributed by atoms with Gasteiger partial charge in [-0.15, -0.1) is 0 Å². The SMILES string of the molecule is O=C(O)c1cnc2cccc(I)c2c1. The maximum Gasteiger partial charge on any atom is 0.337 e. The van der Waals surface area contributed by atoms with Gasteiger partial charge in [-0.3, -0.25) is 4.98 Å². The molecule has 0 saturated carbocycles. The lowest BCUT2D eigenvalue weighted by atomic mass is 10.2. The fraction of sp³-hybridized carbons (Fsp3) is 0. The van der Waals surface area contributed by atoms with Crippen molar-refractivity contribution in [3.63, 3.8) is 0 Å². The Morgan fingerprint density at radius 3 is 2.93 bits per heavy atom. The van der Waals surface area contributed by atoms with Crippen LogP contribution in [0.2, 0.25) is 0 Å². The first-order chi connectivity index (χ1) is 6.68. The van der Waals surface area contributed by atoms with E-state index < -0.39 is 5.97 Å². The Bertz CT molecular complexity index is 510. The highest BCUT2D eigenvalue weighted by Gasteiger charge is 2.05. The van der Waals surface area contributed by atoms with Gasteiger partial charge in [0.25, 0.3) is 0 Å². The summed E-state index contributed by atoms with van der Waals surface area (Å²) in [4.78, 5) is 14.8. The molecule has 1 N–H and O–H groups in total. The molecule has 1 heterocycles. The fourth-order valence-corrected chi connectivity index (χ4v) is 1.87. The van der Waals surface area contributed by atoms with Crippen LogP contribution in [0.5, 0.6) is 0 Å². The first kappa shape index (κ1) is 9.39. The molecule has 0 spiro atoms. The van der Waals surface area contributed by atoms with Gasteiger partial charge in [0.05, 0.1) is 11.1 Å². The Labute approximate surface area is 93.9 Å². The number of carboxylic acids is 1. The quantitative estimate of drug-likeness (QED) is 0.823. The van der Waals surface area contributed by atoms with Gasteiger partial charge in [0.2, 0.25) is 0 Å². The zero-order valence-corrected chi connectivity index (χ0v) is 9.22. The topological polar surface area (TPSA) is 50.2 Å².